The van der Waals surface area contributed by atoms with Crippen LogP contribution in [0.3, 0.4) is 0 Å². The minimum absolute atomic E-state index is 0.109. The van der Waals surface area contributed by atoms with Crippen LogP contribution in [-0.4, -0.2) is 28.5 Å². The molecule has 3 rings (SSSR count). The van der Waals surface area contributed by atoms with Crippen molar-refractivity contribution < 1.29 is 22.7 Å². The van der Waals surface area contributed by atoms with Crippen molar-refractivity contribution in [1.29, 1.82) is 0 Å². The van der Waals surface area contributed by atoms with E-state index >= 15 is 0 Å². The van der Waals surface area contributed by atoms with Crippen LogP contribution in [0.4, 0.5) is 11.4 Å². The van der Waals surface area contributed by atoms with E-state index in [-0.39, 0.29) is 37.6 Å². The first-order chi connectivity index (χ1) is 15.1. The summed E-state index contributed by atoms with van der Waals surface area (Å²) in [5, 5.41) is 3.39. The van der Waals surface area contributed by atoms with E-state index in [4.69, 9.17) is 44.3 Å². The van der Waals surface area contributed by atoms with Crippen molar-refractivity contribution in [3.05, 3.63) is 75.2 Å². The highest BCUT2D eigenvalue weighted by Gasteiger charge is 2.20. The van der Waals surface area contributed by atoms with Crippen LogP contribution in [0.15, 0.2) is 59.5 Å². The summed E-state index contributed by atoms with van der Waals surface area (Å²) in [5.41, 5.74) is 0.543. The summed E-state index contributed by atoms with van der Waals surface area (Å²) in [6, 6.07) is 12.9. The maximum Gasteiger partial charge on any atom is 0.261 e. The van der Waals surface area contributed by atoms with Gasteiger partial charge in [0.2, 0.25) is 0 Å². The molecule has 0 aliphatic heterocycles. The van der Waals surface area contributed by atoms with Crippen molar-refractivity contribution in [3.8, 4) is 11.5 Å². The molecule has 168 valence electrons. The second-order valence-corrected chi connectivity index (χ2v) is 9.33. The lowest BCUT2D eigenvalue weighted by atomic mass is 10.2. The third kappa shape index (κ3) is 5.39. The molecule has 0 atom stereocenters. The van der Waals surface area contributed by atoms with E-state index in [0.717, 1.165) is 0 Å². The summed E-state index contributed by atoms with van der Waals surface area (Å²) in [5.74, 6) is 0.106. The Hall–Kier alpha value is -2.65. The lowest BCUT2D eigenvalue weighted by Gasteiger charge is -2.14. The van der Waals surface area contributed by atoms with Gasteiger partial charge in [0, 0.05) is 5.02 Å². The molecule has 0 saturated heterocycles. The van der Waals surface area contributed by atoms with Gasteiger partial charge in [0.25, 0.3) is 15.9 Å². The second kappa shape index (κ2) is 9.87. The summed E-state index contributed by atoms with van der Waals surface area (Å²) in [7, 11) is -1.16. The van der Waals surface area contributed by atoms with Gasteiger partial charge in [-0.25, -0.2) is 8.42 Å². The molecule has 0 saturated carbocycles. The number of rotatable bonds is 7. The Balaban J connectivity index is 1.90. The summed E-state index contributed by atoms with van der Waals surface area (Å²) in [6.07, 6.45) is 0. The smallest absolute Gasteiger partial charge is 0.261 e. The summed E-state index contributed by atoms with van der Waals surface area (Å²) >= 11 is 18.0. The SMILES string of the molecule is COc1ccc(NS(=O)(=O)c2ccc(OC)c(NC(=O)c3ccc(Cl)cc3Cl)c2)cc1Cl. The molecule has 0 aliphatic carbocycles. The molecule has 0 radical (unpaired) electrons. The molecule has 11 heteroatoms. The van der Waals surface area contributed by atoms with Crippen molar-refractivity contribution >= 4 is 62.1 Å². The largest absolute Gasteiger partial charge is 0.495 e. The number of carbonyl (C=O) groups is 1. The highest BCUT2D eigenvalue weighted by Crippen LogP contribution is 2.32. The first-order valence-corrected chi connectivity index (χ1v) is 11.6. The van der Waals surface area contributed by atoms with E-state index < -0.39 is 15.9 Å². The third-order valence-electron chi connectivity index (χ3n) is 4.31. The Bertz CT molecular complexity index is 1280. The van der Waals surface area contributed by atoms with Gasteiger partial charge in [0.15, 0.2) is 0 Å². The van der Waals surface area contributed by atoms with Gasteiger partial charge in [-0.3, -0.25) is 9.52 Å². The molecule has 0 aromatic heterocycles. The van der Waals surface area contributed by atoms with E-state index in [2.05, 4.69) is 10.0 Å². The molecule has 0 spiro atoms. The lowest BCUT2D eigenvalue weighted by molar-refractivity contribution is 0.102. The number of nitrogens with one attached hydrogen (secondary N) is 2. The van der Waals surface area contributed by atoms with E-state index in [0.29, 0.717) is 10.8 Å². The van der Waals surface area contributed by atoms with Crippen LogP contribution in [0.5, 0.6) is 11.5 Å². The topological polar surface area (TPSA) is 93.7 Å². The fourth-order valence-corrected chi connectivity index (χ4v) is 4.59. The third-order valence-corrected chi connectivity index (χ3v) is 6.53. The Labute approximate surface area is 200 Å². The van der Waals surface area contributed by atoms with Crippen molar-refractivity contribution in [2.45, 2.75) is 4.90 Å². The molecule has 3 aromatic carbocycles. The quantitative estimate of drug-likeness (QED) is 0.420. The van der Waals surface area contributed by atoms with Crippen molar-refractivity contribution in [2.24, 2.45) is 0 Å². The first-order valence-electron chi connectivity index (χ1n) is 8.95. The average molecular weight is 516 g/mol. The summed E-state index contributed by atoms with van der Waals surface area (Å²) < 4.78 is 38.5. The van der Waals surface area contributed by atoms with E-state index in [1.807, 2.05) is 0 Å². The minimum atomic E-state index is -4.01. The molecule has 0 unspecified atom stereocenters. The van der Waals surface area contributed by atoms with Crippen molar-refractivity contribution in [1.82, 2.24) is 0 Å². The van der Waals surface area contributed by atoms with Crippen LogP contribution in [0.2, 0.25) is 15.1 Å². The number of sulfonamides is 1. The van der Waals surface area contributed by atoms with Crippen LogP contribution in [0.25, 0.3) is 0 Å². The predicted octanol–water partition coefficient (Wildman–Crippen LogP) is 5.72. The Morgan fingerprint density at radius 3 is 2.16 bits per heavy atom. The summed E-state index contributed by atoms with van der Waals surface area (Å²) in [6.45, 7) is 0. The Morgan fingerprint density at radius 1 is 0.844 bits per heavy atom. The molecule has 2 N–H and O–H groups in total. The maximum absolute atomic E-state index is 12.9. The van der Waals surface area contributed by atoms with Gasteiger partial charge < -0.3 is 14.8 Å². The molecule has 0 bridgehead atoms. The van der Waals surface area contributed by atoms with Gasteiger partial charge in [0.05, 0.1) is 46.1 Å². The van der Waals surface area contributed by atoms with Crippen molar-refractivity contribution in [3.63, 3.8) is 0 Å². The molecule has 0 aliphatic rings. The number of ether oxygens (including phenoxy) is 2. The maximum atomic E-state index is 12.9. The summed E-state index contributed by atoms with van der Waals surface area (Å²) in [4.78, 5) is 12.6. The average Bonchev–Trinajstić information content (AvgIpc) is 2.73. The van der Waals surface area contributed by atoms with E-state index in [1.165, 1.54) is 68.8 Å². The number of amides is 1. The Morgan fingerprint density at radius 2 is 1.53 bits per heavy atom. The number of anilines is 2. The van der Waals surface area contributed by atoms with Crippen LogP contribution >= 0.6 is 34.8 Å². The lowest BCUT2D eigenvalue weighted by Crippen LogP contribution is -2.16. The zero-order chi connectivity index (χ0) is 23.5. The van der Waals surface area contributed by atoms with Gasteiger partial charge >= 0.3 is 0 Å². The normalized spacial score (nSPS) is 11.0. The standard InChI is InChI=1S/C21H17Cl3N2O5S/c1-30-19-7-4-13(10-17(19)24)26-32(28,29)14-5-8-20(31-2)18(11-14)25-21(27)15-6-3-12(22)9-16(15)23/h3-11,26H,1-2H3,(H,25,27). The van der Waals surface area contributed by atoms with E-state index in [9.17, 15) is 13.2 Å². The molecule has 3 aromatic rings. The van der Waals surface area contributed by atoms with E-state index in [1.54, 1.807) is 0 Å². The fourth-order valence-electron chi connectivity index (χ4n) is 2.76. The zero-order valence-corrected chi connectivity index (χ0v) is 19.9. The number of hydrogen-bond donors (Lipinski definition) is 2. The monoisotopic (exact) mass is 514 g/mol. The Kier molecular flexibility index (Phi) is 7.40. The van der Waals surface area contributed by atoms with Gasteiger partial charge in [-0.2, -0.15) is 0 Å². The van der Waals surface area contributed by atoms with Gasteiger partial charge in [-0.05, 0) is 54.6 Å². The predicted molar refractivity (Wildman–Crippen MR) is 126 cm³/mol. The number of halogens is 3. The molecule has 0 fully saturated rings. The van der Waals surface area contributed by atoms with Crippen molar-refractivity contribution in [2.75, 3.05) is 24.3 Å². The van der Waals surface area contributed by atoms with Crippen LogP contribution in [-0.2, 0) is 10.0 Å². The number of carbonyl (C=O) groups excluding carboxylic acids is 1. The molecule has 1 amide bonds. The number of hydrogen-bond acceptors (Lipinski definition) is 5. The zero-order valence-electron chi connectivity index (χ0n) is 16.8. The second-order valence-electron chi connectivity index (χ2n) is 6.40. The molecule has 7 nitrogen and oxygen atoms in total. The fraction of sp³-hybridized carbons (Fsp3) is 0.0952. The van der Waals surface area contributed by atoms with Crippen LogP contribution in [0.1, 0.15) is 10.4 Å². The minimum Gasteiger partial charge on any atom is -0.495 e. The molecule has 0 heterocycles. The highest BCUT2D eigenvalue weighted by atomic mass is 35.5. The van der Waals surface area contributed by atoms with Crippen LogP contribution < -0.4 is 19.5 Å². The molecule has 32 heavy (non-hydrogen) atoms. The van der Waals surface area contributed by atoms with Gasteiger partial charge in [-0.15, -0.1) is 0 Å². The van der Waals surface area contributed by atoms with Gasteiger partial charge in [-0.1, -0.05) is 34.8 Å². The molecular formula is C21H17Cl3N2O5S. The first kappa shape index (κ1) is 24.0. The number of methoxy groups -OCH3 is 2. The van der Waals surface area contributed by atoms with Gasteiger partial charge in [0.1, 0.15) is 11.5 Å². The number of benzene rings is 3. The highest BCUT2D eigenvalue weighted by molar-refractivity contribution is 7.92. The van der Waals surface area contributed by atoms with Crippen LogP contribution in [0, 0.1) is 0 Å². The molecular weight excluding hydrogens is 499 g/mol.